The summed E-state index contributed by atoms with van der Waals surface area (Å²) in [5.74, 6) is 2.57. The third-order valence-corrected chi connectivity index (χ3v) is 3.36. The van der Waals surface area contributed by atoms with Crippen molar-refractivity contribution in [2.75, 3.05) is 27.4 Å². The van der Waals surface area contributed by atoms with Crippen molar-refractivity contribution in [1.82, 2.24) is 0 Å². The SMILES string of the molecule is COc1ccc(OCC(CN)c2cccc(OC)c2)cc1. The number of methoxy groups -OCH3 is 2. The van der Waals surface area contributed by atoms with Crippen LogP contribution in [-0.2, 0) is 0 Å². The zero-order valence-corrected chi connectivity index (χ0v) is 12.4. The minimum atomic E-state index is 0.127. The molecule has 0 saturated carbocycles. The molecule has 0 bridgehead atoms. The van der Waals surface area contributed by atoms with Gasteiger partial charge in [0.2, 0.25) is 0 Å². The van der Waals surface area contributed by atoms with Gasteiger partial charge < -0.3 is 19.9 Å². The molecule has 0 radical (unpaired) electrons. The molecule has 0 heterocycles. The van der Waals surface area contributed by atoms with Crippen LogP contribution in [0, 0.1) is 0 Å². The summed E-state index contributed by atoms with van der Waals surface area (Å²) in [5, 5.41) is 0. The molecule has 0 saturated heterocycles. The Balaban J connectivity index is 2.01. The molecule has 1 unspecified atom stereocenters. The average molecular weight is 287 g/mol. The molecule has 4 heteroatoms. The molecule has 21 heavy (non-hydrogen) atoms. The lowest BCUT2D eigenvalue weighted by Crippen LogP contribution is -2.19. The van der Waals surface area contributed by atoms with Crippen LogP contribution < -0.4 is 19.9 Å². The Morgan fingerprint density at radius 3 is 2.19 bits per heavy atom. The van der Waals surface area contributed by atoms with Gasteiger partial charge in [-0.15, -0.1) is 0 Å². The van der Waals surface area contributed by atoms with Gasteiger partial charge in [0, 0.05) is 12.5 Å². The van der Waals surface area contributed by atoms with E-state index in [1.165, 1.54) is 0 Å². The van der Waals surface area contributed by atoms with Crippen LogP contribution in [0.15, 0.2) is 48.5 Å². The summed E-state index contributed by atoms with van der Waals surface area (Å²) < 4.78 is 16.2. The second-order valence-corrected chi connectivity index (χ2v) is 4.70. The Morgan fingerprint density at radius 1 is 0.905 bits per heavy atom. The van der Waals surface area contributed by atoms with Crippen LogP contribution in [0.25, 0.3) is 0 Å². The molecule has 1 atom stereocenters. The fraction of sp³-hybridized carbons (Fsp3) is 0.294. The van der Waals surface area contributed by atoms with E-state index in [2.05, 4.69) is 0 Å². The maximum atomic E-state index is 5.87. The monoisotopic (exact) mass is 287 g/mol. The molecule has 0 aliphatic carbocycles. The summed E-state index contributed by atoms with van der Waals surface area (Å²) in [5.41, 5.74) is 6.98. The van der Waals surface area contributed by atoms with E-state index in [1.807, 2.05) is 48.5 Å². The molecule has 0 aliphatic heterocycles. The zero-order valence-electron chi connectivity index (χ0n) is 12.4. The van der Waals surface area contributed by atoms with E-state index in [1.54, 1.807) is 14.2 Å². The van der Waals surface area contributed by atoms with Gasteiger partial charge in [-0.2, -0.15) is 0 Å². The topological polar surface area (TPSA) is 53.7 Å². The van der Waals surface area contributed by atoms with Crippen LogP contribution in [0.1, 0.15) is 11.5 Å². The predicted molar refractivity (Wildman–Crippen MR) is 83.3 cm³/mol. The van der Waals surface area contributed by atoms with Gasteiger partial charge in [0.25, 0.3) is 0 Å². The van der Waals surface area contributed by atoms with Gasteiger partial charge in [-0.1, -0.05) is 12.1 Å². The lowest BCUT2D eigenvalue weighted by Gasteiger charge is -2.17. The Morgan fingerprint density at radius 2 is 1.57 bits per heavy atom. The fourth-order valence-corrected chi connectivity index (χ4v) is 2.06. The summed E-state index contributed by atoms with van der Waals surface area (Å²) in [4.78, 5) is 0. The Labute approximate surface area is 125 Å². The van der Waals surface area contributed by atoms with Gasteiger partial charge in [0.1, 0.15) is 17.2 Å². The molecular formula is C17H21NO3. The van der Waals surface area contributed by atoms with Crippen molar-refractivity contribution >= 4 is 0 Å². The second kappa shape index (κ2) is 7.55. The van der Waals surface area contributed by atoms with Gasteiger partial charge >= 0.3 is 0 Å². The van der Waals surface area contributed by atoms with Gasteiger partial charge in [0.05, 0.1) is 20.8 Å². The summed E-state index contributed by atoms with van der Waals surface area (Å²) in [6, 6.07) is 15.4. The Kier molecular flexibility index (Phi) is 5.46. The van der Waals surface area contributed by atoms with Crippen molar-refractivity contribution in [1.29, 1.82) is 0 Å². The van der Waals surface area contributed by atoms with Crippen molar-refractivity contribution in [3.05, 3.63) is 54.1 Å². The van der Waals surface area contributed by atoms with Crippen molar-refractivity contribution in [2.24, 2.45) is 5.73 Å². The first-order chi connectivity index (χ1) is 10.3. The predicted octanol–water partition coefficient (Wildman–Crippen LogP) is 2.83. The normalized spacial score (nSPS) is 11.8. The highest BCUT2D eigenvalue weighted by Crippen LogP contribution is 2.23. The first-order valence-corrected chi connectivity index (χ1v) is 6.87. The fourth-order valence-electron chi connectivity index (χ4n) is 2.06. The summed E-state index contributed by atoms with van der Waals surface area (Å²) in [6.07, 6.45) is 0. The number of benzene rings is 2. The average Bonchev–Trinajstić information content (AvgIpc) is 2.56. The van der Waals surface area contributed by atoms with Crippen LogP contribution in [-0.4, -0.2) is 27.4 Å². The van der Waals surface area contributed by atoms with Crippen molar-refractivity contribution < 1.29 is 14.2 Å². The molecule has 0 amide bonds. The third-order valence-electron chi connectivity index (χ3n) is 3.36. The smallest absolute Gasteiger partial charge is 0.119 e. The lowest BCUT2D eigenvalue weighted by molar-refractivity contribution is 0.289. The van der Waals surface area contributed by atoms with Gasteiger partial charge in [-0.3, -0.25) is 0 Å². The van der Waals surface area contributed by atoms with Crippen LogP contribution in [0.5, 0.6) is 17.2 Å². The summed E-state index contributed by atoms with van der Waals surface area (Å²) in [6.45, 7) is 1.04. The highest BCUT2D eigenvalue weighted by atomic mass is 16.5. The van der Waals surface area contributed by atoms with Crippen molar-refractivity contribution in [2.45, 2.75) is 5.92 Å². The van der Waals surface area contributed by atoms with Crippen LogP contribution in [0.3, 0.4) is 0 Å². The molecule has 112 valence electrons. The van der Waals surface area contributed by atoms with Crippen LogP contribution >= 0.6 is 0 Å². The molecule has 2 aromatic rings. The highest BCUT2D eigenvalue weighted by molar-refractivity contribution is 5.33. The maximum Gasteiger partial charge on any atom is 0.119 e. The van der Waals surface area contributed by atoms with Crippen molar-refractivity contribution in [3.8, 4) is 17.2 Å². The number of hydrogen-bond acceptors (Lipinski definition) is 4. The quantitative estimate of drug-likeness (QED) is 0.851. The van der Waals surface area contributed by atoms with Gasteiger partial charge in [0.15, 0.2) is 0 Å². The van der Waals surface area contributed by atoms with Crippen LogP contribution in [0.2, 0.25) is 0 Å². The van der Waals surface area contributed by atoms with E-state index in [0.717, 1.165) is 22.8 Å². The third kappa shape index (κ3) is 4.13. The van der Waals surface area contributed by atoms with E-state index in [0.29, 0.717) is 13.2 Å². The Hall–Kier alpha value is -2.20. The second-order valence-electron chi connectivity index (χ2n) is 4.70. The molecule has 0 aliphatic rings. The molecular weight excluding hydrogens is 266 g/mol. The van der Waals surface area contributed by atoms with E-state index in [4.69, 9.17) is 19.9 Å². The maximum absolute atomic E-state index is 5.87. The largest absolute Gasteiger partial charge is 0.497 e. The first kappa shape index (κ1) is 15.2. The number of hydrogen-bond donors (Lipinski definition) is 1. The number of nitrogens with two attached hydrogens (primary N) is 1. The zero-order chi connectivity index (χ0) is 15.1. The molecule has 0 aromatic heterocycles. The molecule has 2 rings (SSSR count). The van der Waals surface area contributed by atoms with Crippen molar-refractivity contribution in [3.63, 3.8) is 0 Å². The van der Waals surface area contributed by atoms with Gasteiger partial charge in [-0.25, -0.2) is 0 Å². The molecule has 0 spiro atoms. The highest BCUT2D eigenvalue weighted by Gasteiger charge is 2.11. The molecule has 2 N–H and O–H groups in total. The minimum Gasteiger partial charge on any atom is -0.497 e. The molecule has 4 nitrogen and oxygen atoms in total. The van der Waals surface area contributed by atoms with E-state index < -0.39 is 0 Å². The standard InChI is InChI=1S/C17H21NO3/c1-19-15-6-8-16(9-7-15)21-12-14(11-18)13-4-3-5-17(10-13)20-2/h3-10,14H,11-12,18H2,1-2H3. The molecule has 2 aromatic carbocycles. The summed E-state index contributed by atoms with van der Waals surface area (Å²) in [7, 11) is 3.30. The number of ether oxygens (including phenoxy) is 3. The number of rotatable bonds is 7. The first-order valence-electron chi connectivity index (χ1n) is 6.87. The van der Waals surface area contributed by atoms with E-state index >= 15 is 0 Å². The lowest BCUT2D eigenvalue weighted by atomic mass is 10.00. The van der Waals surface area contributed by atoms with Gasteiger partial charge in [-0.05, 0) is 42.0 Å². The minimum absolute atomic E-state index is 0.127. The Bertz CT molecular complexity index is 554. The van der Waals surface area contributed by atoms with Crippen LogP contribution in [0.4, 0.5) is 0 Å². The van der Waals surface area contributed by atoms with E-state index in [-0.39, 0.29) is 5.92 Å². The van der Waals surface area contributed by atoms with E-state index in [9.17, 15) is 0 Å². The summed E-state index contributed by atoms with van der Waals surface area (Å²) >= 11 is 0. The molecule has 0 fully saturated rings.